The molecule has 1 aromatic heterocycles. The lowest BCUT2D eigenvalue weighted by Gasteiger charge is -2.14. The molecular formula is C25H21FN2O4S. The Labute approximate surface area is 190 Å². The van der Waals surface area contributed by atoms with Gasteiger partial charge in [-0.3, -0.25) is 14.2 Å². The monoisotopic (exact) mass is 464 g/mol. The molecule has 1 amide bonds. The molecule has 8 heteroatoms. The van der Waals surface area contributed by atoms with Crippen molar-refractivity contribution < 1.29 is 17.6 Å². The van der Waals surface area contributed by atoms with Gasteiger partial charge in [-0.25, -0.2) is 12.8 Å². The average molecular weight is 465 g/mol. The standard InChI is InChI=1S/C25H21FN2O4S/c1-17-7-12-22-19(13-17)14-23(33(31,32)21-5-3-2-4-6-21)25(30)28(22)16-24(29)27-15-18-8-10-20(26)11-9-18/h2-14H,15-16H2,1H3,(H,27,29). The van der Waals surface area contributed by atoms with Crippen molar-refractivity contribution in [1.82, 2.24) is 9.88 Å². The number of nitrogens with one attached hydrogen (secondary N) is 1. The smallest absolute Gasteiger partial charge is 0.270 e. The molecular weight excluding hydrogens is 443 g/mol. The summed E-state index contributed by atoms with van der Waals surface area (Å²) in [6.45, 7) is 1.64. The van der Waals surface area contributed by atoms with Crippen LogP contribution in [0.25, 0.3) is 10.9 Å². The van der Waals surface area contributed by atoms with Crippen molar-refractivity contribution in [2.75, 3.05) is 0 Å². The molecule has 0 spiro atoms. The number of carbonyl (C=O) groups excluding carboxylic acids is 1. The number of nitrogens with zero attached hydrogens (tertiary/aromatic N) is 1. The fraction of sp³-hybridized carbons (Fsp3) is 0.120. The molecule has 0 radical (unpaired) electrons. The highest BCUT2D eigenvalue weighted by Gasteiger charge is 2.24. The van der Waals surface area contributed by atoms with Gasteiger partial charge >= 0.3 is 0 Å². The summed E-state index contributed by atoms with van der Waals surface area (Å²) in [6.07, 6.45) is 0. The van der Waals surface area contributed by atoms with Gasteiger partial charge in [0.1, 0.15) is 17.3 Å². The first-order valence-corrected chi connectivity index (χ1v) is 11.7. The number of rotatable bonds is 6. The summed E-state index contributed by atoms with van der Waals surface area (Å²) < 4.78 is 40.7. The Kier molecular flexibility index (Phi) is 6.11. The van der Waals surface area contributed by atoms with Crippen molar-refractivity contribution in [3.63, 3.8) is 0 Å². The van der Waals surface area contributed by atoms with Gasteiger partial charge in [-0.15, -0.1) is 0 Å². The van der Waals surface area contributed by atoms with Crippen molar-refractivity contribution in [3.05, 3.63) is 106 Å². The Morgan fingerprint density at radius 3 is 2.36 bits per heavy atom. The van der Waals surface area contributed by atoms with E-state index >= 15 is 0 Å². The van der Waals surface area contributed by atoms with Crippen LogP contribution in [-0.4, -0.2) is 18.9 Å². The summed E-state index contributed by atoms with van der Waals surface area (Å²) in [4.78, 5) is 25.6. The number of halogens is 1. The Hall–Kier alpha value is -3.78. The van der Waals surface area contributed by atoms with Crippen LogP contribution in [0.15, 0.2) is 93.4 Å². The summed E-state index contributed by atoms with van der Waals surface area (Å²) >= 11 is 0. The number of hydrogen-bond acceptors (Lipinski definition) is 4. The van der Waals surface area contributed by atoms with E-state index < -0.39 is 26.2 Å². The molecule has 0 aliphatic rings. The topological polar surface area (TPSA) is 85.2 Å². The van der Waals surface area contributed by atoms with E-state index in [1.807, 2.05) is 6.92 Å². The SMILES string of the molecule is Cc1ccc2c(c1)cc(S(=O)(=O)c1ccccc1)c(=O)n2CC(=O)NCc1ccc(F)cc1. The molecule has 4 rings (SSSR count). The Balaban J connectivity index is 1.74. The van der Waals surface area contributed by atoms with E-state index in [9.17, 15) is 22.4 Å². The zero-order chi connectivity index (χ0) is 23.6. The number of carbonyl (C=O) groups is 1. The lowest BCUT2D eigenvalue weighted by Crippen LogP contribution is -2.34. The van der Waals surface area contributed by atoms with Crippen molar-refractivity contribution in [2.45, 2.75) is 29.8 Å². The number of hydrogen-bond donors (Lipinski definition) is 1. The first-order chi connectivity index (χ1) is 15.8. The summed E-state index contributed by atoms with van der Waals surface area (Å²) in [7, 11) is -4.09. The van der Waals surface area contributed by atoms with Gasteiger partial charge in [0.25, 0.3) is 5.56 Å². The first kappa shape index (κ1) is 22.4. The van der Waals surface area contributed by atoms with Crippen LogP contribution in [-0.2, 0) is 27.7 Å². The maximum Gasteiger partial charge on any atom is 0.270 e. The van der Waals surface area contributed by atoms with E-state index in [1.165, 1.54) is 34.9 Å². The summed E-state index contributed by atoms with van der Waals surface area (Å²) in [5, 5.41) is 3.23. The highest BCUT2D eigenvalue weighted by molar-refractivity contribution is 7.91. The third kappa shape index (κ3) is 4.70. The number of fused-ring (bicyclic) bond motifs is 1. The van der Waals surface area contributed by atoms with E-state index in [2.05, 4.69) is 5.32 Å². The molecule has 0 bridgehead atoms. The highest BCUT2D eigenvalue weighted by Crippen LogP contribution is 2.23. The quantitative estimate of drug-likeness (QED) is 0.473. The number of sulfone groups is 1. The molecule has 0 saturated heterocycles. The maximum absolute atomic E-state index is 13.3. The molecule has 3 aromatic carbocycles. The van der Waals surface area contributed by atoms with E-state index in [0.717, 1.165) is 5.56 Å². The van der Waals surface area contributed by atoms with Crippen molar-refractivity contribution in [2.24, 2.45) is 0 Å². The lowest BCUT2D eigenvalue weighted by atomic mass is 10.1. The Bertz CT molecular complexity index is 1500. The third-order valence-electron chi connectivity index (χ3n) is 5.26. The van der Waals surface area contributed by atoms with Crippen LogP contribution in [0.4, 0.5) is 4.39 Å². The number of aryl methyl sites for hydroxylation is 1. The lowest BCUT2D eigenvalue weighted by molar-refractivity contribution is -0.121. The summed E-state index contributed by atoms with van der Waals surface area (Å²) in [5.41, 5.74) is 1.26. The molecule has 33 heavy (non-hydrogen) atoms. The van der Waals surface area contributed by atoms with Crippen LogP contribution in [0.2, 0.25) is 0 Å². The molecule has 0 aliphatic heterocycles. The van der Waals surface area contributed by atoms with Gasteiger partial charge in [0.15, 0.2) is 0 Å². The normalized spacial score (nSPS) is 11.5. The molecule has 0 aliphatic carbocycles. The van der Waals surface area contributed by atoms with E-state index in [-0.39, 0.29) is 23.8 Å². The van der Waals surface area contributed by atoms with Crippen molar-refractivity contribution in [1.29, 1.82) is 0 Å². The predicted molar refractivity (Wildman–Crippen MR) is 123 cm³/mol. The zero-order valence-electron chi connectivity index (χ0n) is 17.8. The van der Waals surface area contributed by atoms with Crippen LogP contribution < -0.4 is 10.9 Å². The largest absolute Gasteiger partial charge is 0.350 e. The molecule has 0 saturated carbocycles. The minimum absolute atomic E-state index is 0.00131. The molecule has 6 nitrogen and oxygen atoms in total. The van der Waals surface area contributed by atoms with Crippen LogP contribution in [0.5, 0.6) is 0 Å². The van der Waals surface area contributed by atoms with Crippen molar-refractivity contribution >= 4 is 26.6 Å². The molecule has 0 unspecified atom stereocenters. The maximum atomic E-state index is 13.3. The predicted octanol–water partition coefficient (Wildman–Crippen LogP) is 3.60. The van der Waals surface area contributed by atoms with Gasteiger partial charge in [0.2, 0.25) is 15.7 Å². The van der Waals surface area contributed by atoms with E-state index in [4.69, 9.17) is 0 Å². The van der Waals surface area contributed by atoms with Crippen LogP contribution in [0, 0.1) is 12.7 Å². The van der Waals surface area contributed by atoms with Gasteiger partial charge < -0.3 is 5.32 Å². The first-order valence-electron chi connectivity index (χ1n) is 10.2. The van der Waals surface area contributed by atoms with Crippen LogP contribution in [0.1, 0.15) is 11.1 Å². The minimum atomic E-state index is -4.09. The van der Waals surface area contributed by atoms with Crippen LogP contribution >= 0.6 is 0 Å². The summed E-state index contributed by atoms with van der Waals surface area (Å²) in [5.74, 6) is -0.854. The minimum Gasteiger partial charge on any atom is -0.350 e. The van der Waals surface area contributed by atoms with E-state index in [1.54, 1.807) is 48.5 Å². The molecule has 1 heterocycles. The second kappa shape index (κ2) is 8.99. The third-order valence-corrected chi connectivity index (χ3v) is 7.03. The Morgan fingerprint density at radius 2 is 1.67 bits per heavy atom. The average Bonchev–Trinajstić information content (AvgIpc) is 2.80. The van der Waals surface area contributed by atoms with Crippen molar-refractivity contribution in [3.8, 4) is 0 Å². The van der Waals surface area contributed by atoms with Gasteiger partial charge in [0.05, 0.1) is 10.4 Å². The van der Waals surface area contributed by atoms with E-state index in [0.29, 0.717) is 16.5 Å². The van der Waals surface area contributed by atoms with Gasteiger partial charge in [-0.05, 0) is 55.0 Å². The summed E-state index contributed by atoms with van der Waals surface area (Å²) in [6, 6.07) is 20.0. The van der Waals surface area contributed by atoms with Gasteiger partial charge in [0, 0.05) is 11.9 Å². The zero-order valence-corrected chi connectivity index (χ0v) is 18.6. The fourth-order valence-corrected chi connectivity index (χ4v) is 4.95. The van der Waals surface area contributed by atoms with Gasteiger partial charge in [-0.2, -0.15) is 0 Å². The second-order valence-corrected chi connectivity index (χ2v) is 9.60. The number of aromatic nitrogens is 1. The second-order valence-electron chi connectivity index (χ2n) is 7.68. The number of benzene rings is 3. The Morgan fingerprint density at radius 1 is 0.970 bits per heavy atom. The molecule has 0 fully saturated rings. The molecule has 1 N–H and O–H groups in total. The fourth-order valence-electron chi connectivity index (χ4n) is 3.56. The molecule has 168 valence electrons. The highest BCUT2D eigenvalue weighted by atomic mass is 32.2. The molecule has 0 atom stereocenters. The molecule has 4 aromatic rings. The number of pyridine rings is 1. The number of amides is 1. The van der Waals surface area contributed by atoms with Gasteiger partial charge in [-0.1, -0.05) is 42.0 Å². The van der Waals surface area contributed by atoms with Crippen LogP contribution in [0.3, 0.4) is 0 Å².